The number of carboxylic acid groups (broad SMARTS) is 1. The number of rotatable bonds is 7. The monoisotopic (exact) mass is 478 g/mol. The number of aliphatic carboxylic acids is 1. The van der Waals surface area contributed by atoms with Crippen LogP contribution in [0.5, 0.6) is 0 Å². The van der Waals surface area contributed by atoms with Crippen molar-refractivity contribution in [3.8, 4) is 11.1 Å². The fourth-order valence-electron chi connectivity index (χ4n) is 5.27. The maximum Gasteiger partial charge on any atom is 0.407 e. The molecule has 7 heteroatoms. The average molecular weight is 479 g/mol. The number of piperidine rings is 1. The van der Waals surface area contributed by atoms with Crippen molar-refractivity contribution >= 4 is 18.0 Å². The van der Waals surface area contributed by atoms with Crippen molar-refractivity contribution in [3.05, 3.63) is 59.7 Å². The Bertz CT molecular complexity index is 1050. The molecule has 1 heterocycles. The van der Waals surface area contributed by atoms with Gasteiger partial charge in [-0.15, -0.1) is 0 Å². The number of fused-ring (bicyclic) bond motifs is 3. The smallest absolute Gasteiger partial charge is 0.407 e. The van der Waals surface area contributed by atoms with Crippen LogP contribution in [0.25, 0.3) is 11.1 Å². The molecule has 2 aromatic rings. The van der Waals surface area contributed by atoms with Crippen LogP contribution in [0, 0.1) is 11.8 Å². The lowest BCUT2D eigenvalue weighted by molar-refractivity contribution is -0.154. The van der Waals surface area contributed by atoms with Crippen molar-refractivity contribution in [3.63, 3.8) is 0 Å². The number of carbonyl (C=O) groups excluding carboxylic acids is 2. The second-order valence-corrected chi connectivity index (χ2v) is 9.85. The molecule has 2 aliphatic rings. The molecule has 0 saturated carbocycles. The molecular weight excluding hydrogens is 444 g/mol. The maximum absolute atomic E-state index is 13.4. The number of ether oxygens (including phenoxy) is 1. The highest BCUT2D eigenvalue weighted by atomic mass is 16.5. The molecule has 1 aliphatic carbocycles. The molecule has 1 aliphatic heterocycles. The van der Waals surface area contributed by atoms with Gasteiger partial charge in [-0.1, -0.05) is 75.7 Å². The van der Waals surface area contributed by atoms with E-state index >= 15 is 0 Å². The number of hydrogen-bond donors (Lipinski definition) is 2. The normalized spacial score (nSPS) is 20.9. The third-order valence-corrected chi connectivity index (χ3v) is 7.53. The zero-order chi connectivity index (χ0) is 25.1. The van der Waals surface area contributed by atoms with Gasteiger partial charge in [0.25, 0.3) is 0 Å². The summed E-state index contributed by atoms with van der Waals surface area (Å²) in [5.74, 6) is -1.37. The second kappa shape index (κ2) is 10.5. The van der Waals surface area contributed by atoms with E-state index in [-0.39, 0.29) is 30.3 Å². The molecule has 0 bridgehead atoms. The van der Waals surface area contributed by atoms with Gasteiger partial charge in [-0.3, -0.25) is 4.79 Å². The highest BCUT2D eigenvalue weighted by molar-refractivity contribution is 5.90. The minimum absolute atomic E-state index is 0.0779. The largest absolute Gasteiger partial charge is 0.480 e. The van der Waals surface area contributed by atoms with Gasteiger partial charge in [0.15, 0.2) is 0 Å². The molecular formula is C28H34N2O5. The molecule has 186 valence electrons. The Kier molecular flexibility index (Phi) is 7.43. The van der Waals surface area contributed by atoms with E-state index < -0.39 is 24.1 Å². The van der Waals surface area contributed by atoms with Gasteiger partial charge in [0.05, 0.1) is 0 Å². The Labute approximate surface area is 206 Å². The van der Waals surface area contributed by atoms with Crippen LogP contribution in [-0.2, 0) is 14.3 Å². The fourth-order valence-corrected chi connectivity index (χ4v) is 5.27. The molecule has 1 saturated heterocycles. The first-order valence-electron chi connectivity index (χ1n) is 12.5. The lowest BCUT2D eigenvalue weighted by atomic mass is 9.90. The molecule has 7 nitrogen and oxygen atoms in total. The van der Waals surface area contributed by atoms with Crippen LogP contribution >= 0.6 is 0 Å². The fraction of sp³-hybridized carbons (Fsp3) is 0.464. The first kappa shape index (κ1) is 24.8. The Morgan fingerprint density at radius 3 is 2.26 bits per heavy atom. The lowest BCUT2D eigenvalue weighted by Crippen LogP contribution is -2.58. The number of nitrogens with one attached hydrogen (secondary N) is 1. The van der Waals surface area contributed by atoms with Crippen molar-refractivity contribution in [1.82, 2.24) is 10.2 Å². The Hall–Kier alpha value is -3.35. The molecule has 0 spiro atoms. The van der Waals surface area contributed by atoms with Crippen molar-refractivity contribution in [1.29, 1.82) is 0 Å². The van der Waals surface area contributed by atoms with Crippen LogP contribution in [-0.4, -0.2) is 53.2 Å². The highest BCUT2D eigenvalue weighted by Crippen LogP contribution is 2.44. The van der Waals surface area contributed by atoms with E-state index in [0.717, 1.165) is 28.7 Å². The van der Waals surface area contributed by atoms with Crippen LogP contribution in [0.15, 0.2) is 48.5 Å². The molecule has 0 aromatic heterocycles. The molecule has 1 fully saturated rings. The first-order chi connectivity index (χ1) is 16.8. The van der Waals surface area contributed by atoms with Gasteiger partial charge in [0, 0.05) is 12.5 Å². The number of amides is 2. The summed E-state index contributed by atoms with van der Waals surface area (Å²) >= 11 is 0. The van der Waals surface area contributed by atoms with Gasteiger partial charge in [0.2, 0.25) is 5.91 Å². The van der Waals surface area contributed by atoms with Gasteiger partial charge >= 0.3 is 12.1 Å². The lowest BCUT2D eigenvalue weighted by Gasteiger charge is -2.39. The molecule has 2 N–H and O–H groups in total. The summed E-state index contributed by atoms with van der Waals surface area (Å²) in [6.45, 7) is 6.35. The van der Waals surface area contributed by atoms with E-state index in [2.05, 4.69) is 29.6 Å². The van der Waals surface area contributed by atoms with Crippen molar-refractivity contribution in [2.75, 3.05) is 13.2 Å². The summed E-state index contributed by atoms with van der Waals surface area (Å²) in [5.41, 5.74) is 4.51. The predicted molar refractivity (Wildman–Crippen MR) is 133 cm³/mol. The Morgan fingerprint density at radius 2 is 1.69 bits per heavy atom. The molecule has 4 atom stereocenters. The summed E-state index contributed by atoms with van der Waals surface area (Å²) in [4.78, 5) is 39.6. The first-order valence-corrected chi connectivity index (χ1v) is 12.5. The topological polar surface area (TPSA) is 95.9 Å². The van der Waals surface area contributed by atoms with Gasteiger partial charge in [0.1, 0.15) is 18.7 Å². The van der Waals surface area contributed by atoms with Gasteiger partial charge in [-0.2, -0.15) is 0 Å². The Morgan fingerprint density at radius 1 is 1.09 bits per heavy atom. The van der Waals surface area contributed by atoms with Crippen LogP contribution in [0.3, 0.4) is 0 Å². The van der Waals surface area contributed by atoms with Crippen molar-refractivity contribution < 1.29 is 24.2 Å². The number of carbonyl (C=O) groups is 3. The predicted octanol–water partition coefficient (Wildman–Crippen LogP) is 4.65. The average Bonchev–Trinajstić information content (AvgIpc) is 3.18. The number of alkyl carbamates (subject to hydrolysis) is 1. The standard InChI is InChI=1S/C28H34N2O5/c1-4-18(3)25(26(31)30-14-13-17(2)15-24(30)27(32)33)29-28(34)35-16-23-21-11-7-5-9-19(21)20-10-6-8-12-22(20)23/h5-12,17-18,23-25H,4,13-16H2,1-3H3,(H,29,34)(H,32,33). The molecule has 4 rings (SSSR count). The quantitative estimate of drug-likeness (QED) is 0.604. The molecule has 4 unspecified atom stereocenters. The van der Waals surface area contributed by atoms with Crippen molar-refractivity contribution in [2.45, 2.75) is 58.0 Å². The third kappa shape index (κ3) is 5.04. The number of benzene rings is 2. The minimum Gasteiger partial charge on any atom is -0.480 e. The number of nitrogens with zero attached hydrogens (tertiary/aromatic N) is 1. The van der Waals surface area contributed by atoms with Crippen molar-refractivity contribution in [2.24, 2.45) is 11.8 Å². The summed E-state index contributed by atoms with van der Waals surface area (Å²) < 4.78 is 5.66. The van der Waals surface area contributed by atoms with Gasteiger partial charge in [-0.05, 0) is 46.9 Å². The summed E-state index contributed by atoms with van der Waals surface area (Å²) in [7, 11) is 0. The SMILES string of the molecule is CCC(C)C(NC(=O)OCC1c2ccccc2-c2ccccc21)C(=O)N1CCC(C)CC1C(=O)O. The van der Waals surface area contributed by atoms with E-state index in [1.165, 1.54) is 4.90 Å². The van der Waals surface area contributed by atoms with Gasteiger partial charge in [-0.25, -0.2) is 9.59 Å². The van der Waals surface area contributed by atoms with E-state index in [9.17, 15) is 19.5 Å². The minimum atomic E-state index is -1.01. The van der Waals surface area contributed by atoms with E-state index in [1.807, 2.05) is 45.0 Å². The van der Waals surface area contributed by atoms with E-state index in [1.54, 1.807) is 0 Å². The van der Waals surface area contributed by atoms with Gasteiger partial charge < -0.3 is 20.1 Å². The maximum atomic E-state index is 13.4. The Balaban J connectivity index is 1.46. The third-order valence-electron chi connectivity index (χ3n) is 7.53. The summed E-state index contributed by atoms with van der Waals surface area (Å²) in [6.07, 6.45) is 1.15. The molecule has 0 radical (unpaired) electrons. The second-order valence-electron chi connectivity index (χ2n) is 9.85. The van der Waals surface area contributed by atoms with Crippen LogP contribution < -0.4 is 5.32 Å². The summed E-state index contributed by atoms with van der Waals surface area (Å²) in [5, 5.41) is 12.5. The van der Waals surface area contributed by atoms with E-state index in [4.69, 9.17) is 4.74 Å². The van der Waals surface area contributed by atoms with Crippen LogP contribution in [0.4, 0.5) is 4.79 Å². The van der Waals surface area contributed by atoms with Crippen LogP contribution in [0.1, 0.15) is 57.1 Å². The number of carboxylic acids is 1. The number of hydrogen-bond acceptors (Lipinski definition) is 4. The molecule has 2 amide bonds. The summed E-state index contributed by atoms with van der Waals surface area (Å²) in [6, 6.07) is 14.5. The van der Waals surface area contributed by atoms with E-state index in [0.29, 0.717) is 19.4 Å². The highest BCUT2D eigenvalue weighted by Gasteiger charge is 2.39. The zero-order valence-corrected chi connectivity index (χ0v) is 20.6. The number of likely N-dealkylation sites (tertiary alicyclic amines) is 1. The zero-order valence-electron chi connectivity index (χ0n) is 20.6. The molecule has 35 heavy (non-hydrogen) atoms. The van der Waals surface area contributed by atoms with Crippen LogP contribution in [0.2, 0.25) is 0 Å². The molecule has 2 aromatic carbocycles.